The fraction of sp³-hybridized carbons (Fsp3) is 0.846. The first-order valence-electron chi connectivity index (χ1n) is 6.04. The van der Waals surface area contributed by atoms with Crippen LogP contribution in [0.2, 0.25) is 0 Å². The summed E-state index contributed by atoms with van der Waals surface area (Å²) in [6.45, 7) is 10.6. The fourth-order valence-corrected chi connectivity index (χ4v) is 1.80. The van der Waals surface area contributed by atoms with Gasteiger partial charge in [0.15, 0.2) is 0 Å². The van der Waals surface area contributed by atoms with Crippen molar-refractivity contribution >= 4 is 0 Å². The first-order chi connectivity index (χ1) is 7.22. The lowest BCUT2D eigenvalue weighted by Gasteiger charge is -2.30. The van der Waals surface area contributed by atoms with Gasteiger partial charge >= 0.3 is 0 Å². The Kier molecular flexibility index (Phi) is 5.75. The smallest absolute Gasteiger partial charge is 0.108 e. The Balaban J connectivity index is 2.12. The van der Waals surface area contributed by atoms with Gasteiger partial charge in [-0.3, -0.25) is 0 Å². The van der Waals surface area contributed by atoms with E-state index in [9.17, 15) is 0 Å². The minimum atomic E-state index is 0.439. The van der Waals surface area contributed by atoms with E-state index in [1.54, 1.807) is 0 Å². The van der Waals surface area contributed by atoms with Crippen molar-refractivity contribution in [1.82, 2.24) is 4.90 Å². The molecule has 0 bridgehead atoms. The summed E-state index contributed by atoms with van der Waals surface area (Å²) in [6, 6.07) is 0. The molecule has 0 aromatic carbocycles. The van der Waals surface area contributed by atoms with E-state index < -0.39 is 0 Å². The van der Waals surface area contributed by atoms with E-state index in [0.717, 1.165) is 12.8 Å². The lowest BCUT2D eigenvalue weighted by atomic mass is 10.1. The van der Waals surface area contributed by atoms with Crippen LogP contribution >= 0.6 is 0 Å². The summed E-state index contributed by atoms with van der Waals surface area (Å²) in [5.74, 6) is 6.65. The molecule has 0 atom stereocenters. The molecule has 86 valence electrons. The molecule has 1 saturated heterocycles. The van der Waals surface area contributed by atoms with Gasteiger partial charge in [0.1, 0.15) is 6.61 Å². The van der Waals surface area contributed by atoms with Crippen LogP contribution in [0.4, 0.5) is 0 Å². The zero-order valence-corrected chi connectivity index (χ0v) is 10.3. The molecule has 1 aliphatic rings. The SMILES string of the molecule is CCN1CCC(OCC#CC(C)C)CC1. The Labute approximate surface area is 94.0 Å². The number of likely N-dealkylation sites (tertiary alicyclic amines) is 1. The number of nitrogens with zero attached hydrogens (tertiary/aromatic N) is 1. The van der Waals surface area contributed by atoms with Crippen molar-refractivity contribution in [3.8, 4) is 11.8 Å². The van der Waals surface area contributed by atoms with Crippen LogP contribution in [0.15, 0.2) is 0 Å². The molecule has 0 aromatic heterocycles. The highest BCUT2D eigenvalue weighted by molar-refractivity contribution is 5.01. The zero-order valence-electron chi connectivity index (χ0n) is 10.3. The second-order valence-electron chi connectivity index (χ2n) is 4.42. The van der Waals surface area contributed by atoms with Crippen LogP contribution in [-0.4, -0.2) is 37.2 Å². The number of ether oxygens (including phenoxy) is 1. The maximum Gasteiger partial charge on any atom is 0.108 e. The molecule has 0 amide bonds. The fourth-order valence-electron chi connectivity index (χ4n) is 1.80. The van der Waals surface area contributed by atoms with Gasteiger partial charge in [-0.1, -0.05) is 32.6 Å². The second-order valence-corrected chi connectivity index (χ2v) is 4.42. The molecule has 0 radical (unpaired) electrons. The molecule has 0 spiro atoms. The maximum atomic E-state index is 5.73. The molecule has 0 saturated carbocycles. The van der Waals surface area contributed by atoms with E-state index in [0.29, 0.717) is 18.6 Å². The minimum Gasteiger partial charge on any atom is -0.365 e. The van der Waals surface area contributed by atoms with Crippen LogP contribution < -0.4 is 0 Å². The molecule has 15 heavy (non-hydrogen) atoms. The summed E-state index contributed by atoms with van der Waals surface area (Å²) in [6.07, 6.45) is 2.77. The highest BCUT2D eigenvalue weighted by Gasteiger charge is 2.17. The predicted molar refractivity (Wildman–Crippen MR) is 63.7 cm³/mol. The van der Waals surface area contributed by atoms with E-state index in [4.69, 9.17) is 4.74 Å². The van der Waals surface area contributed by atoms with Crippen LogP contribution in [0, 0.1) is 17.8 Å². The monoisotopic (exact) mass is 209 g/mol. The lowest BCUT2D eigenvalue weighted by Crippen LogP contribution is -2.36. The number of rotatable bonds is 3. The summed E-state index contributed by atoms with van der Waals surface area (Å²) in [7, 11) is 0. The average Bonchev–Trinajstić information content (AvgIpc) is 2.25. The zero-order chi connectivity index (χ0) is 11.1. The van der Waals surface area contributed by atoms with E-state index in [-0.39, 0.29) is 0 Å². The van der Waals surface area contributed by atoms with Crippen molar-refractivity contribution in [2.24, 2.45) is 5.92 Å². The Morgan fingerprint density at radius 2 is 2.00 bits per heavy atom. The van der Waals surface area contributed by atoms with E-state index in [2.05, 4.69) is 37.5 Å². The molecular weight excluding hydrogens is 186 g/mol. The number of hydrogen-bond donors (Lipinski definition) is 0. The van der Waals surface area contributed by atoms with Crippen LogP contribution in [-0.2, 0) is 4.74 Å². The van der Waals surface area contributed by atoms with E-state index in [1.807, 2.05) is 0 Å². The molecule has 1 fully saturated rings. The molecule has 2 nitrogen and oxygen atoms in total. The molecule has 2 heteroatoms. The van der Waals surface area contributed by atoms with E-state index >= 15 is 0 Å². The topological polar surface area (TPSA) is 12.5 Å². The average molecular weight is 209 g/mol. The Morgan fingerprint density at radius 3 is 2.53 bits per heavy atom. The van der Waals surface area contributed by atoms with Gasteiger partial charge in [0.2, 0.25) is 0 Å². The van der Waals surface area contributed by atoms with Crippen molar-refractivity contribution in [2.45, 2.75) is 39.7 Å². The maximum absolute atomic E-state index is 5.73. The van der Waals surface area contributed by atoms with Gasteiger partial charge in [0.05, 0.1) is 6.10 Å². The summed E-state index contributed by atoms with van der Waals surface area (Å²) < 4.78 is 5.73. The van der Waals surface area contributed by atoms with E-state index in [1.165, 1.54) is 19.6 Å². The van der Waals surface area contributed by atoms with Crippen molar-refractivity contribution in [3.63, 3.8) is 0 Å². The quantitative estimate of drug-likeness (QED) is 0.660. The third kappa shape index (κ3) is 5.20. The molecule has 1 heterocycles. The summed E-state index contributed by atoms with van der Waals surface area (Å²) in [5.41, 5.74) is 0. The molecule has 1 aliphatic heterocycles. The molecular formula is C13H23NO. The van der Waals surface area contributed by atoms with Gasteiger partial charge in [-0.2, -0.15) is 0 Å². The number of hydrogen-bond acceptors (Lipinski definition) is 2. The van der Waals surface area contributed by atoms with Crippen molar-refractivity contribution < 1.29 is 4.74 Å². The van der Waals surface area contributed by atoms with Crippen LogP contribution in [0.3, 0.4) is 0 Å². The van der Waals surface area contributed by atoms with Crippen LogP contribution in [0.25, 0.3) is 0 Å². The first kappa shape index (κ1) is 12.5. The standard InChI is InChI=1S/C13H23NO/c1-4-14-9-7-13(8-10-14)15-11-5-6-12(2)3/h12-13H,4,7-11H2,1-3H3. The van der Waals surface area contributed by atoms with Crippen LogP contribution in [0.5, 0.6) is 0 Å². The van der Waals surface area contributed by atoms with Gasteiger partial charge in [-0.25, -0.2) is 0 Å². The lowest BCUT2D eigenvalue weighted by molar-refractivity contribution is 0.0258. The van der Waals surface area contributed by atoms with Gasteiger partial charge < -0.3 is 9.64 Å². The third-order valence-corrected chi connectivity index (χ3v) is 2.76. The van der Waals surface area contributed by atoms with Gasteiger partial charge in [0.25, 0.3) is 0 Å². The molecule has 0 N–H and O–H groups in total. The number of piperidine rings is 1. The van der Waals surface area contributed by atoms with Gasteiger partial charge in [0, 0.05) is 19.0 Å². The Hall–Kier alpha value is -0.520. The Morgan fingerprint density at radius 1 is 1.33 bits per heavy atom. The third-order valence-electron chi connectivity index (χ3n) is 2.76. The second kappa shape index (κ2) is 6.87. The summed E-state index contributed by atoms with van der Waals surface area (Å²) in [4.78, 5) is 2.47. The van der Waals surface area contributed by atoms with Gasteiger partial charge in [-0.05, 0) is 19.4 Å². The summed E-state index contributed by atoms with van der Waals surface area (Å²) in [5, 5.41) is 0. The molecule has 1 rings (SSSR count). The largest absolute Gasteiger partial charge is 0.365 e. The first-order valence-corrected chi connectivity index (χ1v) is 6.04. The summed E-state index contributed by atoms with van der Waals surface area (Å²) >= 11 is 0. The van der Waals surface area contributed by atoms with Crippen LogP contribution in [0.1, 0.15) is 33.6 Å². The van der Waals surface area contributed by atoms with Gasteiger partial charge in [-0.15, -0.1) is 0 Å². The molecule has 0 unspecified atom stereocenters. The van der Waals surface area contributed by atoms with Crippen molar-refractivity contribution in [1.29, 1.82) is 0 Å². The minimum absolute atomic E-state index is 0.439. The predicted octanol–water partition coefficient (Wildman–Crippen LogP) is 2.15. The van der Waals surface area contributed by atoms with Crippen molar-refractivity contribution in [2.75, 3.05) is 26.2 Å². The normalized spacial score (nSPS) is 18.9. The highest BCUT2D eigenvalue weighted by atomic mass is 16.5. The molecule has 0 aromatic rings. The molecule has 0 aliphatic carbocycles. The van der Waals surface area contributed by atoms with Crippen molar-refractivity contribution in [3.05, 3.63) is 0 Å². The Bertz CT molecular complexity index is 218. The highest BCUT2D eigenvalue weighted by Crippen LogP contribution is 2.12.